The highest BCUT2D eigenvalue weighted by Crippen LogP contribution is 2.21. The standard InChI is InChI=1S/C23H18N6O2/c1-28-22(31)18-6-3-2-5-17(18)19(27-28)13-21(30)25-16-9-7-15(8-10-16)20-14-29-12-4-11-24-23(29)26-20/h2-12,14H,13H2,1H3,(H,25,30). The van der Waals surface area contributed by atoms with E-state index in [1.807, 2.05) is 59.3 Å². The van der Waals surface area contributed by atoms with Crippen LogP contribution in [0, 0.1) is 0 Å². The number of hydrogen-bond donors (Lipinski definition) is 1. The summed E-state index contributed by atoms with van der Waals surface area (Å²) in [5.41, 5.74) is 2.78. The van der Waals surface area contributed by atoms with Crippen LogP contribution in [-0.4, -0.2) is 30.1 Å². The topological polar surface area (TPSA) is 94.2 Å². The van der Waals surface area contributed by atoms with Gasteiger partial charge in [-0.3, -0.25) is 14.0 Å². The highest BCUT2D eigenvalue weighted by molar-refractivity contribution is 5.95. The van der Waals surface area contributed by atoms with E-state index >= 15 is 0 Å². The van der Waals surface area contributed by atoms with Crippen molar-refractivity contribution < 1.29 is 4.79 Å². The molecule has 0 aliphatic heterocycles. The molecule has 3 aromatic heterocycles. The molecule has 0 saturated carbocycles. The summed E-state index contributed by atoms with van der Waals surface area (Å²) in [5.74, 6) is 0.424. The fraction of sp³-hybridized carbons (Fsp3) is 0.0870. The number of anilines is 1. The summed E-state index contributed by atoms with van der Waals surface area (Å²) in [5, 5.41) is 8.42. The van der Waals surface area contributed by atoms with Gasteiger partial charge in [-0.25, -0.2) is 14.6 Å². The Balaban J connectivity index is 1.35. The van der Waals surface area contributed by atoms with E-state index in [-0.39, 0.29) is 17.9 Å². The lowest BCUT2D eigenvalue weighted by molar-refractivity contribution is -0.115. The van der Waals surface area contributed by atoms with Crippen LogP contribution in [0.4, 0.5) is 5.69 Å². The molecule has 8 nitrogen and oxygen atoms in total. The van der Waals surface area contributed by atoms with Crippen LogP contribution in [0.25, 0.3) is 27.8 Å². The molecule has 5 rings (SSSR count). The highest BCUT2D eigenvalue weighted by Gasteiger charge is 2.13. The average molecular weight is 410 g/mol. The molecule has 0 fully saturated rings. The maximum Gasteiger partial charge on any atom is 0.274 e. The zero-order valence-electron chi connectivity index (χ0n) is 16.7. The first kappa shape index (κ1) is 18.7. The summed E-state index contributed by atoms with van der Waals surface area (Å²) in [6.45, 7) is 0. The molecule has 2 aromatic carbocycles. The van der Waals surface area contributed by atoms with Gasteiger partial charge in [-0.15, -0.1) is 0 Å². The second-order valence-corrected chi connectivity index (χ2v) is 7.18. The first-order chi connectivity index (χ1) is 15.1. The molecule has 3 heterocycles. The van der Waals surface area contributed by atoms with E-state index in [0.717, 1.165) is 11.3 Å². The Morgan fingerprint density at radius 1 is 1.03 bits per heavy atom. The van der Waals surface area contributed by atoms with Crippen molar-refractivity contribution in [1.29, 1.82) is 0 Å². The third-order valence-corrected chi connectivity index (χ3v) is 5.06. The molecule has 0 aliphatic rings. The van der Waals surface area contributed by atoms with Gasteiger partial charge in [-0.05, 0) is 24.3 Å². The fourth-order valence-electron chi connectivity index (χ4n) is 3.56. The number of nitrogens with one attached hydrogen (secondary N) is 1. The maximum absolute atomic E-state index is 12.6. The quantitative estimate of drug-likeness (QED) is 0.492. The van der Waals surface area contributed by atoms with E-state index in [4.69, 9.17) is 0 Å². The lowest BCUT2D eigenvalue weighted by Gasteiger charge is -2.09. The number of fused-ring (bicyclic) bond motifs is 2. The third-order valence-electron chi connectivity index (χ3n) is 5.06. The number of carbonyl (C=O) groups excluding carboxylic acids is 1. The third kappa shape index (κ3) is 3.55. The van der Waals surface area contributed by atoms with Crippen molar-refractivity contribution in [3.8, 4) is 11.3 Å². The molecule has 1 N–H and O–H groups in total. The van der Waals surface area contributed by atoms with Gasteiger partial charge in [0, 0.05) is 42.3 Å². The van der Waals surface area contributed by atoms with Gasteiger partial charge < -0.3 is 5.32 Å². The summed E-state index contributed by atoms with van der Waals surface area (Å²) >= 11 is 0. The van der Waals surface area contributed by atoms with Crippen LogP contribution in [-0.2, 0) is 18.3 Å². The highest BCUT2D eigenvalue weighted by atomic mass is 16.1. The Bertz CT molecular complexity index is 1450. The zero-order chi connectivity index (χ0) is 21.4. The average Bonchev–Trinajstić information content (AvgIpc) is 3.22. The molecule has 1 amide bonds. The lowest BCUT2D eigenvalue weighted by Crippen LogP contribution is -2.24. The van der Waals surface area contributed by atoms with Gasteiger partial charge in [-0.2, -0.15) is 5.10 Å². The van der Waals surface area contributed by atoms with E-state index in [1.54, 1.807) is 25.4 Å². The van der Waals surface area contributed by atoms with Gasteiger partial charge in [0.05, 0.1) is 23.2 Å². The van der Waals surface area contributed by atoms with Crippen LogP contribution < -0.4 is 10.9 Å². The lowest BCUT2D eigenvalue weighted by atomic mass is 10.1. The molecule has 0 atom stereocenters. The van der Waals surface area contributed by atoms with Crippen LogP contribution in [0.15, 0.2) is 78.0 Å². The van der Waals surface area contributed by atoms with E-state index in [0.29, 0.717) is 27.9 Å². The number of imidazole rings is 1. The van der Waals surface area contributed by atoms with E-state index in [2.05, 4.69) is 20.4 Å². The van der Waals surface area contributed by atoms with Crippen LogP contribution in [0.1, 0.15) is 5.69 Å². The number of nitrogens with zero attached hydrogens (tertiary/aromatic N) is 5. The van der Waals surface area contributed by atoms with E-state index in [1.165, 1.54) is 4.68 Å². The number of rotatable bonds is 4. The van der Waals surface area contributed by atoms with Crippen molar-refractivity contribution in [1.82, 2.24) is 24.1 Å². The molecular formula is C23H18N6O2. The minimum atomic E-state index is -0.207. The number of carbonyl (C=O) groups is 1. The van der Waals surface area contributed by atoms with Crippen LogP contribution >= 0.6 is 0 Å². The normalized spacial score (nSPS) is 11.1. The molecule has 0 aliphatic carbocycles. The second kappa shape index (κ2) is 7.49. The first-order valence-electron chi connectivity index (χ1n) is 9.73. The van der Waals surface area contributed by atoms with Gasteiger partial charge in [-0.1, -0.05) is 30.3 Å². The predicted octanol–water partition coefficient (Wildman–Crippen LogP) is 2.82. The molecule has 0 spiro atoms. The van der Waals surface area contributed by atoms with Crippen LogP contribution in [0.2, 0.25) is 0 Å². The second-order valence-electron chi connectivity index (χ2n) is 7.18. The molecule has 8 heteroatoms. The Kier molecular flexibility index (Phi) is 4.51. The summed E-state index contributed by atoms with van der Waals surface area (Å²) in [6, 6.07) is 16.5. The predicted molar refractivity (Wildman–Crippen MR) is 118 cm³/mol. The Morgan fingerprint density at radius 3 is 2.58 bits per heavy atom. The Morgan fingerprint density at radius 2 is 1.81 bits per heavy atom. The Labute approximate surface area is 176 Å². The molecule has 0 bridgehead atoms. The zero-order valence-corrected chi connectivity index (χ0v) is 16.7. The number of amides is 1. The van der Waals surface area contributed by atoms with Crippen molar-refractivity contribution in [3.05, 3.63) is 89.2 Å². The van der Waals surface area contributed by atoms with Crippen LogP contribution in [0.5, 0.6) is 0 Å². The largest absolute Gasteiger partial charge is 0.326 e. The molecule has 0 unspecified atom stereocenters. The molecule has 31 heavy (non-hydrogen) atoms. The molecule has 152 valence electrons. The van der Waals surface area contributed by atoms with E-state index in [9.17, 15) is 9.59 Å². The smallest absolute Gasteiger partial charge is 0.274 e. The number of hydrogen-bond acceptors (Lipinski definition) is 5. The number of benzene rings is 2. The van der Waals surface area contributed by atoms with Crippen LogP contribution in [0.3, 0.4) is 0 Å². The first-order valence-corrected chi connectivity index (χ1v) is 9.73. The van der Waals surface area contributed by atoms with E-state index < -0.39 is 0 Å². The Hall–Kier alpha value is -4.33. The molecule has 0 saturated heterocycles. The summed E-state index contributed by atoms with van der Waals surface area (Å²) in [4.78, 5) is 33.6. The van der Waals surface area contributed by atoms with Gasteiger partial charge in [0.15, 0.2) is 0 Å². The molecule has 0 radical (unpaired) electrons. The fourth-order valence-corrected chi connectivity index (χ4v) is 3.56. The molecule has 5 aromatic rings. The van der Waals surface area contributed by atoms with Gasteiger partial charge in [0.25, 0.3) is 5.56 Å². The minimum absolute atomic E-state index is 0.0640. The van der Waals surface area contributed by atoms with Crippen molar-refractivity contribution in [2.24, 2.45) is 7.05 Å². The van der Waals surface area contributed by atoms with Crippen molar-refractivity contribution in [3.63, 3.8) is 0 Å². The van der Waals surface area contributed by atoms with Gasteiger partial charge in [0.1, 0.15) is 0 Å². The van der Waals surface area contributed by atoms with Crippen molar-refractivity contribution in [2.45, 2.75) is 6.42 Å². The monoisotopic (exact) mass is 410 g/mol. The summed E-state index contributed by atoms with van der Waals surface area (Å²) < 4.78 is 3.12. The minimum Gasteiger partial charge on any atom is -0.326 e. The summed E-state index contributed by atoms with van der Waals surface area (Å²) in [6.07, 6.45) is 5.57. The number of aryl methyl sites for hydroxylation is 1. The SMILES string of the molecule is Cn1nc(CC(=O)Nc2ccc(-c3cn4cccnc4n3)cc2)c2ccccc2c1=O. The number of aromatic nitrogens is 5. The van der Waals surface area contributed by atoms with Crippen molar-refractivity contribution in [2.75, 3.05) is 5.32 Å². The molecular weight excluding hydrogens is 392 g/mol. The van der Waals surface area contributed by atoms with Gasteiger partial charge in [0.2, 0.25) is 11.7 Å². The van der Waals surface area contributed by atoms with Crippen molar-refractivity contribution >= 4 is 28.1 Å². The van der Waals surface area contributed by atoms with Gasteiger partial charge >= 0.3 is 0 Å². The maximum atomic E-state index is 12.6. The summed E-state index contributed by atoms with van der Waals surface area (Å²) in [7, 11) is 1.59.